The second-order valence-corrected chi connectivity index (χ2v) is 10.8. The summed E-state index contributed by atoms with van der Waals surface area (Å²) in [5, 5.41) is 5.26. The van der Waals surface area contributed by atoms with Gasteiger partial charge in [0.2, 0.25) is 5.91 Å². The summed E-state index contributed by atoms with van der Waals surface area (Å²) in [5.41, 5.74) is 0.230. The maximum Gasteiger partial charge on any atom is 0.407 e. The summed E-state index contributed by atoms with van der Waals surface area (Å²) in [5.74, 6) is -1.88. The third-order valence-electron chi connectivity index (χ3n) is 5.35. The van der Waals surface area contributed by atoms with Crippen LogP contribution < -0.4 is 10.4 Å². The van der Waals surface area contributed by atoms with Crippen LogP contribution in [0.4, 0.5) is 0 Å². The molecular weight excluding hydrogens is 463 g/mol. The average molecular weight is 499 g/mol. The van der Waals surface area contributed by atoms with Crippen LogP contribution in [0.1, 0.15) is 39.7 Å². The summed E-state index contributed by atoms with van der Waals surface area (Å²) >= 11 is 0. The molecule has 1 heterocycles. The lowest BCUT2D eigenvalue weighted by Gasteiger charge is -2.41. The number of carbonyl (C=O) groups is 3. The van der Waals surface area contributed by atoms with Gasteiger partial charge in [-0.25, -0.2) is 9.65 Å². The Morgan fingerprint density at radius 2 is 1.88 bits per heavy atom. The smallest absolute Gasteiger partial charge is 0.407 e. The SMILES string of the molecule is COC(=O)CCNC(=O)[C@@H]1O[P@](=O)(N[C@H](C(=O)OCCc2ccccc2)C(C)C)OCC1(C)C. The van der Waals surface area contributed by atoms with Crippen LogP contribution in [0.5, 0.6) is 0 Å². The highest BCUT2D eigenvalue weighted by Gasteiger charge is 2.49. The number of methoxy groups -OCH3 is 1. The second kappa shape index (κ2) is 12.4. The molecular formula is C23H35N2O8P. The summed E-state index contributed by atoms with van der Waals surface area (Å²) in [4.78, 5) is 36.7. The number of rotatable bonds is 11. The highest BCUT2D eigenvalue weighted by Crippen LogP contribution is 2.53. The number of amides is 1. The quantitative estimate of drug-likeness (QED) is 0.349. The van der Waals surface area contributed by atoms with E-state index in [1.165, 1.54) is 7.11 Å². The molecule has 0 aliphatic carbocycles. The summed E-state index contributed by atoms with van der Waals surface area (Å²) < 4.78 is 34.4. The zero-order chi connectivity index (χ0) is 25.4. The summed E-state index contributed by atoms with van der Waals surface area (Å²) in [7, 11) is -2.76. The molecule has 1 amide bonds. The minimum absolute atomic E-state index is 0.00789. The summed E-state index contributed by atoms with van der Waals surface area (Å²) in [6, 6.07) is 8.62. The van der Waals surface area contributed by atoms with Crippen molar-refractivity contribution in [3.63, 3.8) is 0 Å². The van der Waals surface area contributed by atoms with Crippen LogP contribution in [0.2, 0.25) is 0 Å². The normalized spacial score (nSPS) is 22.6. The molecule has 0 saturated carbocycles. The molecule has 3 atom stereocenters. The van der Waals surface area contributed by atoms with Crippen molar-refractivity contribution in [3.8, 4) is 0 Å². The van der Waals surface area contributed by atoms with Crippen molar-refractivity contribution >= 4 is 25.6 Å². The van der Waals surface area contributed by atoms with Gasteiger partial charge < -0.3 is 14.8 Å². The Kier molecular flexibility index (Phi) is 10.2. The van der Waals surface area contributed by atoms with E-state index in [0.29, 0.717) is 6.42 Å². The lowest BCUT2D eigenvalue weighted by molar-refractivity contribution is -0.147. The van der Waals surface area contributed by atoms with Gasteiger partial charge in [0.1, 0.15) is 6.04 Å². The van der Waals surface area contributed by atoms with Crippen molar-refractivity contribution in [1.82, 2.24) is 10.4 Å². The van der Waals surface area contributed by atoms with Crippen LogP contribution in [0.3, 0.4) is 0 Å². The minimum atomic E-state index is -4.02. The Morgan fingerprint density at radius 1 is 1.21 bits per heavy atom. The zero-order valence-electron chi connectivity index (χ0n) is 20.4. The van der Waals surface area contributed by atoms with Crippen molar-refractivity contribution in [1.29, 1.82) is 0 Å². The van der Waals surface area contributed by atoms with Gasteiger partial charge in [0.15, 0.2) is 6.10 Å². The Labute approximate surface area is 200 Å². The standard InChI is InChI=1S/C23H35N2O8P/c1-16(2)19(22(28)31-14-12-17-9-7-6-8-10-17)25-34(29)32-15-23(3,4)20(33-34)21(27)24-13-11-18(26)30-5/h6-10,16,19-20H,11-15H2,1-5H3,(H,24,27)(H,25,29)/t19-,20-,34-/m0/s1. The average Bonchev–Trinajstić information content (AvgIpc) is 2.79. The first-order valence-electron chi connectivity index (χ1n) is 11.2. The van der Waals surface area contributed by atoms with Gasteiger partial charge in [0.05, 0.1) is 26.7 Å². The molecule has 1 aromatic rings. The van der Waals surface area contributed by atoms with E-state index in [9.17, 15) is 18.9 Å². The molecule has 1 saturated heterocycles. The van der Waals surface area contributed by atoms with Gasteiger partial charge in [-0.3, -0.25) is 23.4 Å². The monoisotopic (exact) mass is 498 g/mol. The van der Waals surface area contributed by atoms with Gasteiger partial charge in [-0.05, 0) is 11.5 Å². The summed E-state index contributed by atoms with van der Waals surface area (Å²) in [6.07, 6.45) is -0.588. The topological polar surface area (TPSA) is 129 Å². The minimum Gasteiger partial charge on any atom is -0.469 e. The molecule has 1 fully saturated rings. The van der Waals surface area contributed by atoms with E-state index in [4.69, 9.17) is 13.8 Å². The lowest BCUT2D eigenvalue weighted by Crippen LogP contribution is -2.52. The van der Waals surface area contributed by atoms with E-state index in [0.717, 1.165) is 5.56 Å². The number of ether oxygens (including phenoxy) is 2. The van der Waals surface area contributed by atoms with E-state index in [1.54, 1.807) is 27.7 Å². The van der Waals surface area contributed by atoms with Crippen molar-refractivity contribution in [2.75, 3.05) is 26.9 Å². The first-order chi connectivity index (χ1) is 16.0. The number of nitrogens with one attached hydrogen (secondary N) is 2. The molecule has 2 rings (SSSR count). The highest BCUT2D eigenvalue weighted by molar-refractivity contribution is 7.51. The Bertz CT molecular complexity index is 890. The molecule has 190 valence electrons. The van der Waals surface area contributed by atoms with Crippen LogP contribution >= 0.6 is 7.75 Å². The third kappa shape index (κ3) is 8.20. The molecule has 1 aliphatic rings. The summed E-state index contributed by atoms with van der Waals surface area (Å²) in [6.45, 7) is 7.18. The van der Waals surface area contributed by atoms with Gasteiger partial charge in [0.25, 0.3) is 0 Å². The molecule has 34 heavy (non-hydrogen) atoms. The first kappa shape index (κ1) is 28.0. The molecule has 11 heteroatoms. The fraction of sp³-hybridized carbons (Fsp3) is 0.609. The molecule has 0 unspecified atom stereocenters. The predicted molar refractivity (Wildman–Crippen MR) is 125 cm³/mol. The number of hydrogen-bond donors (Lipinski definition) is 2. The van der Waals surface area contributed by atoms with Crippen LogP contribution in [0.15, 0.2) is 30.3 Å². The Hall–Kier alpha value is -2.26. The van der Waals surface area contributed by atoms with Crippen molar-refractivity contribution in [3.05, 3.63) is 35.9 Å². The second-order valence-electron chi connectivity index (χ2n) is 9.12. The van der Waals surface area contributed by atoms with Gasteiger partial charge in [0, 0.05) is 18.4 Å². The molecule has 0 aromatic heterocycles. The number of carbonyl (C=O) groups excluding carboxylic acids is 3. The predicted octanol–water partition coefficient (Wildman–Crippen LogP) is 2.62. The number of esters is 2. The lowest BCUT2D eigenvalue weighted by atomic mass is 9.87. The van der Waals surface area contributed by atoms with Gasteiger partial charge >= 0.3 is 19.7 Å². The van der Waals surface area contributed by atoms with Gasteiger partial charge in [-0.1, -0.05) is 58.0 Å². The molecule has 0 bridgehead atoms. The molecule has 1 aromatic carbocycles. The molecule has 1 aliphatic heterocycles. The van der Waals surface area contributed by atoms with Crippen LogP contribution in [0, 0.1) is 11.3 Å². The molecule has 2 N–H and O–H groups in total. The van der Waals surface area contributed by atoms with E-state index < -0.39 is 43.2 Å². The van der Waals surface area contributed by atoms with Crippen molar-refractivity contribution in [2.24, 2.45) is 11.3 Å². The van der Waals surface area contributed by atoms with Crippen LogP contribution in [-0.4, -0.2) is 56.9 Å². The van der Waals surface area contributed by atoms with E-state index in [1.807, 2.05) is 30.3 Å². The van der Waals surface area contributed by atoms with Gasteiger partial charge in [-0.2, -0.15) is 0 Å². The Morgan fingerprint density at radius 3 is 2.50 bits per heavy atom. The van der Waals surface area contributed by atoms with Crippen molar-refractivity contribution in [2.45, 2.75) is 52.7 Å². The van der Waals surface area contributed by atoms with Crippen molar-refractivity contribution < 1.29 is 37.5 Å². The maximum absolute atomic E-state index is 13.4. The largest absolute Gasteiger partial charge is 0.469 e. The van der Waals surface area contributed by atoms with E-state index >= 15 is 0 Å². The molecule has 10 nitrogen and oxygen atoms in total. The number of benzene rings is 1. The van der Waals surface area contributed by atoms with Crippen LogP contribution in [-0.2, 0) is 43.9 Å². The molecule has 0 spiro atoms. The Balaban J connectivity index is 2.00. The first-order valence-corrected chi connectivity index (χ1v) is 12.8. The third-order valence-corrected chi connectivity index (χ3v) is 6.90. The van der Waals surface area contributed by atoms with E-state index in [2.05, 4.69) is 15.1 Å². The fourth-order valence-corrected chi connectivity index (χ4v) is 5.34. The highest BCUT2D eigenvalue weighted by atomic mass is 31.2. The molecule has 0 radical (unpaired) electrons. The zero-order valence-corrected chi connectivity index (χ0v) is 21.3. The number of hydrogen-bond acceptors (Lipinski definition) is 8. The van der Waals surface area contributed by atoms with E-state index in [-0.39, 0.29) is 32.1 Å². The van der Waals surface area contributed by atoms with Crippen LogP contribution in [0.25, 0.3) is 0 Å². The maximum atomic E-state index is 13.4. The van der Waals surface area contributed by atoms with Gasteiger partial charge in [-0.15, -0.1) is 0 Å². The fourth-order valence-electron chi connectivity index (χ4n) is 3.24.